The summed E-state index contributed by atoms with van der Waals surface area (Å²) in [5, 5.41) is 7.01. The van der Waals surface area contributed by atoms with Gasteiger partial charge in [0.25, 0.3) is 0 Å². The lowest BCUT2D eigenvalue weighted by Crippen LogP contribution is -2.29. The van der Waals surface area contributed by atoms with Gasteiger partial charge in [-0.1, -0.05) is 23.7 Å². The predicted molar refractivity (Wildman–Crippen MR) is 108 cm³/mol. The van der Waals surface area contributed by atoms with E-state index in [0.717, 1.165) is 25.1 Å². The molecule has 0 aliphatic heterocycles. The lowest BCUT2D eigenvalue weighted by Gasteiger charge is -2.12. The molecule has 0 atom stereocenters. The average molecular weight is 393 g/mol. The van der Waals surface area contributed by atoms with Crippen molar-refractivity contribution in [3.8, 4) is 5.75 Å². The number of benzene rings is 2. The fourth-order valence-corrected chi connectivity index (χ4v) is 2.75. The number of hydrogen-bond acceptors (Lipinski definition) is 4. The molecule has 26 heavy (non-hydrogen) atoms. The quantitative estimate of drug-likeness (QED) is 0.421. The summed E-state index contributed by atoms with van der Waals surface area (Å²) < 4.78 is 9.85. The third-order valence-electron chi connectivity index (χ3n) is 3.72. The Morgan fingerprint density at radius 2 is 1.88 bits per heavy atom. The molecule has 0 unspecified atom stereocenters. The molecule has 0 amide bonds. The van der Waals surface area contributed by atoms with Gasteiger partial charge in [-0.15, -0.1) is 0 Å². The van der Waals surface area contributed by atoms with E-state index in [4.69, 9.17) is 33.3 Å². The summed E-state index contributed by atoms with van der Waals surface area (Å²) in [5.41, 5.74) is 2.20. The number of halogens is 1. The molecule has 0 spiro atoms. The highest BCUT2D eigenvalue weighted by atomic mass is 35.5. The Morgan fingerprint density at radius 1 is 1.15 bits per heavy atom. The predicted octanol–water partition coefficient (Wildman–Crippen LogP) is 4.05. The zero-order chi connectivity index (χ0) is 18.9. The van der Waals surface area contributed by atoms with E-state index in [1.807, 2.05) is 12.1 Å². The summed E-state index contributed by atoms with van der Waals surface area (Å²) in [6, 6.07) is 13.0. The number of thiocarbonyl (C=S) groups is 1. The number of methoxy groups -OCH3 is 2. The van der Waals surface area contributed by atoms with E-state index < -0.39 is 5.97 Å². The third-order valence-corrected chi connectivity index (χ3v) is 4.29. The number of nitrogens with one attached hydrogen (secondary N) is 2. The first-order valence-corrected chi connectivity index (χ1v) is 8.87. The van der Waals surface area contributed by atoms with Crippen LogP contribution in [-0.4, -0.2) is 31.8 Å². The van der Waals surface area contributed by atoms with Crippen molar-refractivity contribution < 1.29 is 14.3 Å². The number of ether oxygens (including phenoxy) is 2. The third kappa shape index (κ3) is 5.89. The SMILES string of the molecule is COC(=O)c1cc(NC(=S)NCCCc2ccc(OC)cc2)ccc1Cl. The first-order chi connectivity index (χ1) is 12.5. The standard InChI is InChI=1S/C19H21ClN2O3S/c1-24-15-8-5-13(6-9-15)4-3-11-21-19(26)22-14-7-10-17(20)16(12-14)18(23)25-2/h5-10,12H,3-4,11H2,1-2H3,(H2,21,22,26). The van der Waals surface area contributed by atoms with E-state index in [2.05, 4.69) is 22.8 Å². The molecule has 0 saturated heterocycles. The monoisotopic (exact) mass is 392 g/mol. The van der Waals surface area contributed by atoms with E-state index >= 15 is 0 Å². The molecule has 7 heteroatoms. The number of rotatable bonds is 7. The summed E-state index contributed by atoms with van der Waals surface area (Å²) >= 11 is 11.3. The second-order valence-corrected chi connectivity index (χ2v) is 6.33. The number of carbonyl (C=O) groups excluding carboxylic acids is 1. The van der Waals surface area contributed by atoms with Crippen LogP contribution in [0.15, 0.2) is 42.5 Å². The summed E-state index contributed by atoms with van der Waals surface area (Å²) in [7, 11) is 2.97. The summed E-state index contributed by atoms with van der Waals surface area (Å²) in [5.74, 6) is 0.364. The highest BCUT2D eigenvalue weighted by molar-refractivity contribution is 7.80. The maximum absolute atomic E-state index is 11.7. The molecule has 0 aromatic heterocycles. The fraction of sp³-hybridized carbons (Fsp3) is 0.263. The molecule has 0 aliphatic rings. The molecule has 2 N–H and O–H groups in total. The number of esters is 1. The molecule has 138 valence electrons. The molecule has 0 heterocycles. The zero-order valence-electron chi connectivity index (χ0n) is 14.7. The lowest BCUT2D eigenvalue weighted by molar-refractivity contribution is 0.0601. The second kappa shape index (κ2) is 9.99. The molecular weight excluding hydrogens is 372 g/mol. The minimum Gasteiger partial charge on any atom is -0.497 e. The molecule has 5 nitrogen and oxygen atoms in total. The highest BCUT2D eigenvalue weighted by Crippen LogP contribution is 2.21. The topological polar surface area (TPSA) is 59.6 Å². The molecule has 2 rings (SSSR count). The zero-order valence-corrected chi connectivity index (χ0v) is 16.2. The van der Waals surface area contributed by atoms with Gasteiger partial charge in [-0.05, 0) is 61.0 Å². The highest BCUT2D eigenvalue weighted by Gasteiger charge is 2.11. The second-order valence-electron chi connectivity index (χ2n) is 5.52. The van der Waals surface area contributed by atoms with E-state index in [1.165, 1.54) is 12.7 Å². The van der Waals surface area contributed by atoms with E-state index in [0.29, 0.717) is 21.4 Å². The summed E-state index contributed by atoms with van der Waals surface area (Å²) in [4.78, 5) is 11.7. The van der Waals surface area contributed by atoms with Gasteiger partial charge in [0.15, 0.2) is 5.11 Å². The maximum Gasteiger partial charge on any atom is 0.339 e. The maximum atomic E-state index is 11.7. The van der Waals surface area contributed by atoms with Crippen LogP contribution in [0.25, 0.3) is 0 Å². The Hall–Kier alpha value is -2.31. The molecule has 2 aromatic carbocycles. The molecule has 0 saturated carbocycles. The van der Waals surface area contributed by atoms with Gasteiger partial charge in [0.2, 0.25) is 0 Å². The van der Waals surface area contributed by atoms with Gasteiger partial charge in [-0.25, -0.2) is 4.79 Å². The van der Waals surface area contributed by atoms with Crippen molar-refractivity contribution in [3.63, 3.8) is 0 Å². The van der Waals surface area contributed by atoms with E-state index in [-0.39, 0.29) is 0 Å². The van der Waals surface area contributed by atoms with Crippen LogP contribution in [0.1, 0.15) is 22.3 Å². The number of aryl methyl sites for hydroxylation is 1. The smallest absolute Gasteiger partial charge is 0.339 e. The van der Waals surface area contributed by atoms with Crippen LogP contribution in [0.2, 0.25) is 5.02 Å². The van der Waals surface area contributed by atoms with Crippen LogP contribution in [0.4, 0.5) is 5.69 Å². The summed E-state index contributed by atoms with van der Waals surface area (Å²) in [6.45, 7) is 0.731. The van der Waals surface area contributed by atoms with Crippen LogP contribution in [-0.2, 0) is 11.2 Å². The van der Waals surface area contributed by atoms with Crippen LogP contribution < -0.4 is 15.4 Å². The van der Waals surface area contributed by atoms with Crippen molar-refractivity contribution in [1.82, 2.24) is 5.32 Å². The number of anilines is 1. The Labute approximate surface area is 163 Å². The van der Waals surface area contributed by atoms with E-state index in [9.17, 15) is 4.79 Å². The van der Waals surface area contributed by atoms with Crippen molar-refractivity contribution in [1.29, 1.82) is 0 Å². The fourth-order valence-electron chi connectivity index (χ4n) is 2.33. The van der Waals surface area contributed by atoms with Crippen molar-refractivity contribution in [2.45, 2.75) is 12.8 Å². The minimum atomic E-state index is -0.489. The van der Waals surface area contributed by atoms with Crippen LogP contribution in [0.5, 0.6) is 5.75 Å². The molecule has 0 radical (unpaired) electrons. The first-order valence-electron chi connectivity index (χ1n) is 8.09. The normalized spacial score (nSPS) is 10.1. The number of hydrogen-bond donors (Lipinski definition) is 2. The number of carbonyl (C=O) groups is 1. The van der Waals surface area contributed by atoms with Gasteiger partial charge in [-0.3, -0.25) is 0 Å². The van der Waals surface area contributed by atoms with Gasteiger partial charge < -0.3 is 20.1 Å². The van der Waals surface area contributed by atoms with Gasteiger partial charge in [-0.2, -0.15) is 0 Å². The molecule has 0 aliphatic carbocycles. The largest absolute Gasteiger partial charge is 0.497 e. The van der Waals surface area contributed by atoms with Crippen molar-refractivity contribution in [2.24, 2.45) is 0 Å². The lowest BCUT2D eigenvalue weighted by atomic mass is 10.1. The van der Waals surface area contributed by atoms with Crippen LogP contribution in [0.3, 0.4) is 0 Å². The van der Waals surface area contributed by atoms with Gasteiger partial charge in [0, 0.05) is 12.2 Å². The Bertz CT molecular complexity index is 766. The first kappa shape index (κ1) is 20.0. The Morgan fingerprint density at radius 3 is 2.54 bits per heavy atom. The van der Waals surface area contributed by atoms with Crippen LogP contribution in [0, 0.1) is 0 Å². The molecule has 0 bridgehead atoms. The Kier molecular flexibility index (Phi) is 7.69. The molecule has 2 aromatic rings. The van der Waals surface area contributed by atoms with Gasteiger partial charge >= 0.3 is 5.97 Å². The summed E-state index contributed by atoms with van der Waals surface area (Å²) in [6.07, 6.45) is 1.87. The molecule has 0 fully saturated rings. The van der Waals surface area contributed by atoms with E-state index in [1.54, 1.807) is 25.3 Å². The Balaban J connectivity index is 1.78. The van der Waals surface area contributed by atoms with Crippen molar-refractivity contribution >= 4 is 40.6 Å². The average Bonchev–Trinajstić information content (AvgIpc) is 2.66. The van der Waals surface area contributed by atoms with Gasteiger partial charge in [0.1, 0.15) is 5.75 Å². The molecular formula is C19H21ClN2O3S. The van der Waals surface area contributed by atoms with Gasteiger partial charge in [0.05, 0.1) is 24.8 Å². The van der Waals surface area contributed by atoms with Crippen molar-refractivity contribution in [2.75, 3.05) is 26.1 Å². The van der Waals surface area contributed by atoms with Crippen LogP contribution >= 0.6 is 23.8 Å². The minimum absolute atomic E-state index is 0.293. The van der Waals surface area contributed by atoms with Crippen molar-refractivity contribution in [3.05, 3.63) is 58.6 Å².